The molecule has 0 bridgehead atoms. The van der Waals surface area contributed by atoms with Gasteiger partial charge in [0, 0.05) is 42.5 Å². The lowest BCUT2D eigenvalue weighted by Crippen LogP contribution is -2.40. The maximum atomic E-state index is 12.1. The van der Waals surface area contributed by atoms with Gasteiger partial charge in [-0.3, -0.25) is 9.53 Å². The number of aromatic nitrogens is 2. The molecule has 2 amide bonds. The van der Waals surface area contributed by atoms with Crippen LogP contribution in [0.25, 0.3) is 0 Å². The van der Waals surface area contributed by atoms with Crippen molar-refractivity contribution in [1.82, 2.24) is 15.1 Å². The fourth-order valence-electron chi connectivity index (χ4n) is 2.02. The third-order valence-corrected chi connectivity index (χ3v) is 5.20. The number of urea groups is 1. The lowest BCUT2D eigenvalue weighted by atomic mass is 10.2. The molecule has 1 aliphatic rings. The van der Waals surface area contributed by atoms with E-state index >= 15 is 0 Å². The Balaban J connectivity index is 1.91. The third-order valence-electron chi connectivity index (χ3n) is 3.32. The van der Waals surface area contributed by atoms with Crippen molar-refractivity contribution < 1.29 is 13.7 Å². The van der Waals surface area contributed by atoms with Crippen LogP contribution >= 0.6 is 11.3 Å². The molecule has 0 radical (unpaired) electrons. The van der Waals surface area contributed by atoms with E-state index < -0.39 is 10.8 Å². The topological polar surface area (TPSA) is 84.4 Å². The number of rotatable bonds is 5. The van der Waals surface area contributed by atoms with E-state index in [1.807, 2.05) is 6.92 Å². The molecular weight excluding hydrogens is 312 g/mol. The summed E-state index contributed by atoms with van der Waals surface area (Å²) < 4.78 is 16.7. The highest BCUT2D eigenvalue weighted by Crippen LogP contribution is 2.31. The molecule has 21 heavy (non-hydrogen) atoms. The second-order valence-corrected chi connectivity index (χ2v) is 7.57. The number of carbonyl (C=O) groups excluding carboxylic acids is 1. The molecule has 3 atom stereocenters. The molecule has 1 aromatic heterocycles. The average Bonchev–Trinajstić information content (AvgIpc) is 3.06. The maximum Gasteiger partial charge on any atom is 0.323 e. The molecule has 0 saturated carbocycles. The summed E-state index contributed by atoms with van der Waals surface area (Å²) in [6.07, 6.45) is 3.61. The van der Waals surface area contributed by atoms with Crippen LogP contribution in [0.15, 0.2) is 0 Å². The summed E-state index contributed by atoms with van der Waals surface area (Å²) in [6.45, 7) is 2.61. The number of hydrogen-bond donors (Lipinski definition) is 1. The first kappa shape index (κ1) is 16.3. The Bertz CT molecular complexity index is 516. The fraction of sp³-hybridized carbons (Fsp3) is 0.750. The van der Waals surface area contributed by atoms with Crippen LogP contribution in [-0.2, 0) is 15.5 Å². The quantitative estimate of drug-likeness (QED) is 0.886. The Hall–Kier alpha value is -1.06. The molecule has 1 saturated heterocycles. The summed E-state index contributed by atoms with van der Waals surface area (Å²) in [7, 11) is 0.735. The van der Waals surface area contributed by atoms with Crippen molar-refractivity contribution in [2.75, 3.05) is 31.0 Å². The molecule has 1 aromatic rings. The van der Waals surface area contributed by atoms with Crippen molar-refractivity contribution in [3.05, 3.63) is 5.01 Å². The van der Waals surface area contributed by atoms with Gasteiger partial charge < -0.3 is 9.64 Å². The van der Waals surface area contributed by atoms with E-state index in [0.29, 0.717) is 10.9 Å². The van der Waals surface area contributed by atoms with Crippen LogP contribution in [0.3, 0.4) is 0 Å². The van der Waals surface area contributed by atoms with E-state index in [9.17, 15) is 9.00 Å². The highest BCUT2D eigenvalue weighted by atomic mass is 32.2. The molecule has 1 fully saturated rings. The fourth-order valence-corrected chi connectivity index (χ4v) is 3.74. The van der Waals surface area contributed by atoms with Crippen molar-refractivity contribution in [2.45, 2.75) is 31.9 Å². The largest absolute Gasteiger partial charge is 0.371 e. The zero-order valence-electron chi connectivity index (χ0n) is 12.4. The summed E-state index contributed by atoms with van der Waals surface area (Å²) in [5, 5.41) is 12.0. The minimum atomic E-state index is -0.940. The standard InChI is InChI=1S/C12H20N4O3S2/c1-8(7-21(3)18)16(2)12(17)13-11-15-14-10(20-11)9-5-4-6-19-9/h8-9H,4-7H2,1-3H3,(H,13,15,17). The van der Waals surface area contributed by atoms with E-state index in [4.69, 9.17) is 4.74 Å². The van der Waals surface area contributed by atoms with Gasteiger partial charge in [-0.15, -0.1) is 10.2 Å². The number of nitrogens with one attached hydrogen (secondary N) is 1. The number of ether oxygens (including phenoxy) is 1. The van der Waals surface area contributed by atoms with E-state index in [1.165, 1.54) is 16.2 Å². The molecular formula is C12H20N4O3S2. The van der Waals surface area contributed by atoms with Gasteiger partial charge in [0.15, 0.2) is 0 Å². The van der Waals surface area contributed by atoms with Crippen molar-refractivity contribution in [3.63, 3.8) is 0 Å². The van der Waals surface area contributed by atoms with Gasteiger partial charge in [-0.05, 0) is 19.8 Å². The van der Waals surface area contributed by atoms with Crippen LogP contribution in [0.2, 0.25) is 0 Å². The molecule has 118 valence electrons. The minimum Gasteiger partial charge on any atom is -0.371 e. The molecule has 2 heterocycles. The van der Waals surface area contributed by atoms with Crippen LogP contribution in [0, 0.1) is 0 Å². The molecule has 0 aliphatic carbocycles. The van der Waals surface area contributed by atoms with E-state index in [0.717, 1.165) is 24.5 Å². The number of anilines is 1. The molecule has 1 N–H and O–H groups in total. The zero-order chi connectivity index (χ0) is 15.4. The van der Waals surface area contributed by atoms with Gasteiger partial charge in [-0.25, -0.2) is 4.79 Å². The number of nitrogens with zero attached hydrogens (tertiary/aromatic N) is 3. The minimum absolute atomic E-state index is 0.00678. The summed E-state index contributed by atoms with van der Waals surface area (Å²) >= 11 is 1.34. The number of carbonyl (C=O) groups is 1. The Morgan fingerprint density at radius 1 is 1.62 bits per heavy atom. The SMILES string of the molecule is CC(CS(C)=O)N(C)C(=O)Nc1nnc(C2CCCO2)s1. The summed E-state index contributed by atoms with van der Waals surface area (Å²) in [4.78, 5) is 13.6. The molecule has 2 rings (SSSR count). The smallest absolute Gasteiger partial charge is 0.323 e. The molecule has 9 heteroatoms. The molecule has 1 aliphatic heterocycles. The number of hydrogen-bond acceptors (Lipinski definition) is 6. The van der Waals surface area contributed by atoms with E-state index in [-0.39, 0.29) is 18.2 Å². The van der Waals surface area contributed by atoms with Gasteiger partial charge in [-0.1, -0.05) is 11.3 Å². The lowest BCUT2D eigenvalue weighted by Gasteiger charge is -2.23. The van der Waals surface area contributed by atoms with Crippen LogP contribution in [0.1, 0.15) is 30.9 Å². The summed E-state index contributed by atoms with van der Waals surface area (Å²) in [5.41, 5.74) is 0. The molecule has 0 spiro atoms. The van der Waals surface area contributed by atoms with Gasteiger partial charge >= 0.3 is 6.03 Å². The normalized spacial score (nSPS) is 21.0. The first-order valence-electron chi connectivity index (χ1n) is 6.76. The van der Waals surface area contributed by atoms with Gasteiger partial charge in [0.1, 0.15) is 11.1 Å². The monoisotopic (exact) mass is 332 g/mol. The van der Waals surface area contributed by atoms with Gasteiger partial charge in [0.05, 0.1) is 0 Å². The van der Waals surface area contributed by atoms with Gasteiger partial charge in [-0.2, -0.15) is 0 Å². The molecule has 3 unspecified atom stereocenters. The molecule has 0 aromatic carbocycles. The highest BCUT2D eigenvalue weighted by molar-refractivity contribution is 7.84. The van der Waals surface area contributed by atoms with Crippen molar-refractivity contribution in [2.24, 2.45) is 0 Å². The van der Waals surface area contributed by atoms with Crippen LogP contribution in [0.4, 0.5) is 9.93 Å². The molecule has 7 nitrogen and oxygen atoms in total. The maximum absolute atomic E-state index is 12.1. The second-order valence-electron chi connectivity index (χ2n) is 5.08. The van der Waals surface area contributed by atoms with Crippen LogP contribution in [-0.4, -0.2) is 57.0 Å². The van der Waals surface area contributed by atoms with Crippen LogP contribution < -0.4 is 5.32 Å². The Kier molecular flexibility index (Phi) is 5.65. The predicted octanol–water partition coefficient (Wildman–Crippen LogP) is 1.62. The zero-order valence-corrected chi connectivity index (χ0v) is 14.0. The van der Waals surface area contributed by atoms with Crippen molar-refractivity contribution in [3.8, 4) is 0 Å². The number of amides is 2. The first-order chi connectivity index (χ1) is 9.97. The Morgan fingerprint density at radius 3 is 3.00 bits per heavy atom. The summed E-state index contributed by atoms with van der Waals surface area (Å²) in [5.74, 6) is 0.446. The van der Waals surface area contributed by atoms with Crippen molar-refractivity contribution in [1.29, 1.82) is 0 Å². The van der Waals surface area contributed by atoms with Gasteiger partial charge in [0.25, 0.3) is 0 Å². The van der Waals surface area contributed by atoms with Crippen molar-refractivity contribution >= 4 is 33.3 Å². The van der Waals surface area contributed by atoms with E-state index in [1.54, 1.807) is 13.3 Å². The highest BCUT2D eigenvalue weighted by Gasteiger charge is 2.23. The Labute approximate surface area is 130 Å². The third kappa shape index (κ3) is 4.45. The predicted molar refractivity (Wildman–Crippen MR) is 83.0 cm³/mol. The summed E-state index contributed by atoms with van der Waals surface area (Å²) in [6, 6.07) is -0.385. The van der Waals surface area contributed by atoms with Crippen LogP contribution in [0.5, 0.6) is 0 Å². The van der Waals surface area contributed by atoms with E-state index in [2.05, 4.69) is 15.5 Å². The average molecular weight is 332 g/mol. The first-order valence-corrected chi connectivity index (χ1v) is 9.30. The van der Waals surface area contributed by atoms with Gasteiger partial charge in [0.2, 0.25) is 5.13 Å². The Morgan fingerprint density at radius 2 is 2.38 bits per heavy atom. The second kappa shape index (κ2) is 7.28. The lowest BCUT2D eigenvalue weighted by molar-refractivity contribution is 0.111.